The molecule has 1 N–H and O–H groups in total. The molecule has 0 bridgehead atoms. The average molecular weight is 380 g/mol. The maximum absolute atomic E-state index is 5.90. The minimum Gasteiger partial charge on any atom is -0.493 e. The lowest BCUT2D eigenvalue weighted by molar-refractivity contribution is 0.304. The van der Waals surface area contributed by atoms with E-state index >= 15 is 0 Å². The number of benzene rings is 2. The summed E-state index contributed by atoms with van der Waals surface area (Å²) in [7, 11) is 0. The Morgan fingerprint density at radius 1 is 1.15 bits per heavy atom. The quantitative estimate of drug-likeness (QED) is 0.276. The van der Waals surface area contributed by atoms with E-state index < -0.39 is 0 Å². The highest BCUT2D eigenvalue weighted by Crippen LogP contribution is 2.24. The van der Waals surface area contributed by atoms with Gasteiger partial charge in [0.15, 0.2) is 0 Å². The van der Waals surface area contributed by atoms with Gasteiger partial charge in [-0.05, 0) is 30.5 Å². The van der Waals surface area contributed by atoms with E-state index in [0.29, 0.717) is 0 Å². The number of unbranched alkanes of at least 4 members (excludes halogenated alkanes) is 2. The number of nitrogens with zero attached hydrogens (tertiary/aromatic N) is 2. The Kier molecular flexibility index (Phi) is 6.99. The first kappa shape index (κ1) is 19.1. The SMILES string of the molecule is CCCCCOc1cc(C=NNc2nc(-c3ccccc3)cs2)ccc1C. The smallest absolute Gasteiger partial charge is 0.203 e. The molecule has 3 aromatic rings. The highest BCUT2D eigenvalue weighted by molar-refractivity contribution is 7.14. The predicted octanol–water partition coefficient (Wildman–Crippen LogP) is 6.13. The Morgan fingerprint density at radius 3 is 2.81 bits per heavy atom. The number of aromatic nitrogens is 1. The fourth-order valence-corrected chi connectivity index (χ4v) is 3.28. The van der Waals surface area contributed by atoms with Crippen molar-refractivity contribution in [3.8, 4) is 17.0 Å². The molecule has 0 aliphatic rings. The molecule has 0 atom stereocenters. The largest absolute Gasteiger partial charge is 0.493 e. The molecular formula is C22H25N3OS. The molecule has 1 heterocycles. The van der Waals surface area contributed by atoms with Gasteiger partial charge in [-0.3, -0.25) is 5.43 Å². The normalized spacial score (nSPS) is 11.0. The molecule has 140 valence electrons. The molecule has 1 aromatic heterocycles. The number of nitrogens with one attached hydrogen (secondary N) is 1. The third-order valence-electron chi connectivity index (χ3n) is 4.17. The zero-order chi connectivity index (χ0) is 18.9. The summed E-state index contributed by atoms with van der Waals surface area (Å²) in [6.07, 6.45) is 5.28. The molecule has 0 saturated heterocycles. The second-order valence-electron chi connectivity index (χ2n) is 6.35. The van der Waals surface area contributed by atoms with Gasteiger partial charge in [-0.25, -0.2) is 4.98 Å². The predicted molar refractivity (Wildman–Crippen MR) is 115 cm³/mol. The highest BCUT2D eigenvalue weighted by Gasteiger charge is 2.03. The lowest BCUT2D eigenvalue weighted by Crippen LogP contribution is -1.99. The summed E-state index contributed by atoms with van der Waals surface area (Å²) >= 11 is 1.54. The Balaban J connectivity index is 1.59. The standard InChI is InChI=1S/C22H25N3OS/c1-3-4-8-13-26-21-14-18(12-11-17(21)2)15-23-25-22-24-20(16-27-22)19-9-6-5-7-10-19/h5-7,9-12,14-16H,3-4,8,13H2,1-2H3,(H,24,25). The zero-order valence-corrected chi connectivity index (χ0v) is 16.6. The Bertz CT molecular complexity index is 874. The van der Waals surface area contributed by atoms with Crippen LogP contribution in [-0.4, -0.2) is 17.8 Å². The summed E-state index contributed by atoms with van der Waals surface area (Å²) in [5, 5.41) is 7.12. The van der Waals surface area contributed by atoms with Gasteiger partial charge in [0.1, 0.15) is 5.75 Å². The molecule has 0 unspecified atom stereocenters. The molecule has 0 spiro atoms. The van der Waals surface area contributed by atoms with Crippen LogP contribution in [-0.2, 0) is 0 Å². The molecule has 2 aromatic carbocycles. The van der Waals surface area contributed by atoms with Crippen molar-refractivity contribution < 1.29 is 4.74 Å². The molecule has 0 amide bonds. The van der Waals surface area contributed by atoms with E-state index in [1.807, 2.05) is 35.7 Å². The summed E-state index contributed by atoms with van der Waals surface area (Å²) in [5.41, 5.74) is 7.22. The van der Waals surface area contributed by atoms with Crippen molar-refractivity contribution >= 4 is 22.7 Å². The van der Waals surface area contributed by atoms with Crippen molar-refractivity contribution in [1.29, 1.82) is 0 Å². The lowest BCUT2D eigenvalue weighted by Gasteiger charge is -2.09. The summed E-state index contributed by atoms with van der Waals surface area (Å²) in [6, 6.07) is 16.3. The van der Waals surface area contributed by atoms with Gasteiger partial charge in [0.25, 0.3) is 0 Å². The third-order valence-corrected chi connectivity index (χ3v) is 4.91. The molecule has 0 saturated carbocycles. The summed E-state index contributed by atoms with van der Waals surface area (Å²) in [4.78, 5) is 4.57. The summed E-state index contributed by atoms with van der Waals surface area (Å²) in [5.74, 6) is 0.927. The van der Waals surface area contributed by atoms with Gasteiger partial charge in [0.05, 0.1) is 18.5 Å². The van der Waals surface area contributed by atoms with Gasteiger partial charge in [-0.2, -0.15) is 5.10 Å². The van der Waals surface area contributed by atoms with Crippen molar-refractivity contribution in [3.63, 3.8) is 0 Å². The van der Waals surface area contributed by atoms with Crippen LogP contribution >= 0.6 is 11.3 Å². The number of aryl methyl sites for hydroxylation is 1. The van der Waals surface area contributed by atoms with Crippen molar-refractivity contribution in [3.05, 3.63) is 65.0 Å². The minimum absolute atomic E-state index is 0.759. The molecular weight excluding hydrogens is 354 g/mol. The van der Waals surface area contributed by atoms with Gasteiger partial charge in [-0.15, -0.1) is 11.3 Å². The molecule has 4 nitrogen and oxygen atoms in total. The average Bonchev–Trinajstić information content (AvgIpc) is 3.17. The van der Waals surface area contributed by atoms with Gasteiger partial charge < -0.3 is 4.74 Å². The Labute approximate surface area is 164 Å². The van der Waals surface area contributed by atoms with Crippen LogP contribution in [0, 0.1) is 6.92 Å². The summed E-state index contributed by atoms with van der Waals surface area (Å²) < 4.78 is 5.90. The second kappa shape index (κ2) is 9.88. The molecule has 27 heavy (non-hydrogen) atoms. The van der Waals surface area contributed by atoms with Crippen molar-refractivity contribution in [2.45, 2.75) is 33.1 Å². The van der Waals surface area contributed by atoms with E-state index in [1.165, 1.54) is 12.8 Å². The van der Waals surface area contributed by atoms with Crippen molar-refractivity contribution in [2.24, 2.45) is 5.10 Å². The van der Waals surface area contributed by atoms with Crippen LogP contribution in [0.2, 0.25) is 0 Å². The number of rotatable bonds is 9. The fraction of sp³-hybridized carbons (Fsp3) is 0.273. The van der Waals surface area contributed by atoms with E-state index in [2.05, 4.69) is 47.6 Å². The van der Waals surface area contributed by atoms with Crippen LogP contribution in [0.5, 0.6) is 5.75 Å². The number of anilines is 1. The number of hydrazone groups is 1. The number of hydrogen-bond acceptors (Lipinski definition) is 5. The van der Waals surface area contributed by atoms with Gasteiger partial charge in [0.2, 0.25) is 5.13 Å². The molecule has 0 aliphatic carbocycles. The maximum Gasteiger partial charge on any atom is 0.203 e. The van der Waals surface area contributed by atoms with Crippen molar-refractivity contribution in [1.82, 2.24) is 4.98 Å². The third kappa shape index (κ3) is 5.66. The molecule has 0 aliphatic heterocycles. The van der Waals surface area contributed by atoms with Gasteiger partial charge >= 0.3 is 0 Å². The molecule has 3 rings (SSSR count). The Hall–Kier alpha value is -2.66. The number of thiazole rings is 1. The van der Waals surface area contributed by atoms with E-state index in [4.69, 9.17) is 4.74 Å². The van der Waals surface area contributed by atoms with Gasteiger partial charge in [0, 0.05) is 10.9 Å². The first-order valence-corrected chi connectivity index (χ1v) is 10.2. The van der Waals surface area contributed by atoms with Gasteiger partial charge in [-0.1, -0.05) is 62.2 Å². The summed E-state index contributed by atoms with van der Waals surface area (Å²) in [6.45, 7) is 5.02. The lowest BCUT2D eigenvalue weighted by atomic mass is 10.1. The van der Waals surface area contributed by atoms with Crippen LogP contribution in [0.3, 0.4) is 0 Å². The van der Waals surface area contributed by atoms with E-state index in [1.54, 1.807) is 17.6 Å². The topological polar surface area (TPSA) is 46.5 Å². The van der Waals surface area contributed by atoms with E-state index in [-0.39, 0.29) is 0 Å². The van der Waals surface area contributed by atoms with Crippen molar-refractivity contribution in [2.75, 3.05) is 12.0 Å². The van der Waals surface area contributed by atoms with Crippen LogP contribution in [0.1, 0.15) is 37.3 Å². The first-order valence-electron chi connectivity index (χ1n) is 9.29. The first-order chi connectivity index (χ1) is 13.3. The highest BCUT2D eigenvalue weighted by atomic mass is 32.1. The number of hydrogen-bond donors (Lipinski definition) is 1. The fourth-order valence-electron chi connectivity index (χ4n) is 2.62. The molecule has 0 radical (unpaired) electrons. The Morgan fingerprint density at radius 2 is 2.00 bits per heavy atom. The molecule has 5 heteroatoms. The van der Waals surface area contributed by atoms with Crippen LogP contribution in [0.25, 0.3) is 11.3 Å². The van der Waals surface area contributed by atoms with E-state index in [9.17, 15) is 0 Å². The zero-order valence-electron chi connectivity index (χ0n) is 15.8. The van der Waals surface area contributed by atoms with E-state index in [0.717, 1.165) is 46.3 Å². The number of ether oxygens (including phenoxy) is 1. The maximum atomic E-state index is 5.90. The molecule has 0 fully saturated rings. The van der Waals surface area contributed by atoms with Crippen LogP contribution in [0.15, 0.2) is 59.0 Å². The second-order valence-corrected chi connectivity index (χ2v) is 7.21. The van der Waals surface area contributed by atoms with Crippen LogP contribution in [0.4, 0.5) is 5.13 Å². The minimum atomic E-state index is 0.759. The monoisotopic (exact) mass is 379 g/mol. The van der Waals surface area contributed by atoms with Crippen LogP contribution < -0.4 is 10.2 Å².